The van der Waals surface area contributed by atoms with Gasteiger partial charge in [0.05, 0.1) is 6.42 Å². The summed E-state index contributed by atoms with van der Waals surface area (Å²) in [4.78, 5) is 24.0. The SMILES string of the molecule is CCN(CCC(=O)O)C(=O)c1ccc(F)c(C)c1. The molecule has 0 radical (unpaired) electrons. The van der Waals surface area contributed by atoms with Crippen LogP contribution in [0.3, 0.4) is 0 Å². The van der Waals surface area contributed by atoms with Crippen LogP contribution in [0.2, 0.25) is 0 Å². The predicted molar refractivity (Wildman–Crippen MR) is 65.0 cm³/mol. The molecule has 1 amide bonds. The molecule has 0 aliphatic rings. The molecule has 0 bridgehead atoms. The maximum atomic E-state index is 13.1. The zero-order valence-corrected chi connectivity index (χ0v) is 10.4. The number of rotatable bonds is 5. The summed E-state index contributed by atoms with van der Waals surface area (Å²) in [5.74, 6) is -1.58. The molecule has 5 heteroatoms. The van der Waals surface area contributed by atoms with Crippen LogP contribution < -0.4 is 0 Å². The van der Waals surface area contributed by atoms with Crippen LogP contribution >= 0.6 is 0 Å². The lowest BCUT2D eigenvalue weighted by molar-refractivity contribution is -0.137. The molecule has 18 heavy (non-hydrogen) atoms. The Hall–Kier alpha value is -1.91. The summed E-state index contributed by atoms with van der Waals surface area (Å²) >= 11 is 0. The molecule has 1 rings (SSSR count). The normalized spacial score (nSPS) is 10.2. The highest BCUT2D eigenvalue weighted by molar-refractivity contribution is 5.94. The monoisotopic (exact) mass is 253 g/mol. The summed E-state index contributed by atoms with van der Waals surface area (Å²) in [6.45, 7) is 3.93. The second kappa shape index (κ2) is 6.14. The zero-order valence-electron chi connectivity index (χ0n) is 10.4. The summed E-state index contributed by atoms with van der Waals surface area (Å²) in [6, 6.07) is 4.13. The third kappa shape index (κ3) is 3.55. The minimum absolute atomic E-state index is 0.0975. The van der Waals surface area contributed by atoms with Gasteiger partial charge in [0.1, 0.15) is 5.82 Å². The molecule has 1 aromatic rings. The Morgan fingerprint density at radius 1 is 1.39 bits per heavy atom. The van der Waals surface area contributed by atoms with Crippen molar-refractivity contribution in [2.45, 2.75) is 20.3 Å². The number of aliphatic carboxylic acids is 1. The standard InChI is InChI=1S/C13H16FNO3/c1-3-15(7-6-12(16)17)13(18)10-4-5-11(14)9(2)8-10/h4-5,8H,3,6-7H2,1-2H3,(H,16,17). The maximum Gasteiger partial charge on any atom is 0.305 e. The van der Waals surface area contributed by atoms with E-state index in [-0.39, 0.29) is 24.7 Å². The molecule has 0 unspecified atom stereocenters. The van der Waals surface area contributed by atoms with E-state index in [9.17, 15) is 14.0 Å². The molecule has 4 nitrogen and oxygen atoms in total. The average Bonchev–Trinajstić information content (AvgIpc) is 2.32. The molecule has 0 aliphatic carbocycles. The molecule has 0 spiro atoms. The van der Waals surface area contributed by atoms with Crippen molar-refractivity contribution >= 4 is 11.9 Å². The number of aryl methyl sites for hydroxylation is 1. The van der Waals surface area contributed by atoms with Gasteiger partial charge in [-0.25, -0.2) is 4.39 Å². The summed E-state index contributed by atoms with van der Waals surface area (Å²) in [7, 11) is 0. The van der Waals surface area contributed by atoms with Crippen molar-refractivity contribution in [3.05, 3.63) is 35.1 Å². The van der Waals surface area contributed by atoms with Gasteiger partial charge >= 0.3 is 5.97 Å². The maximum absolute atomic E-state index is 13.1. The fourth-order valence-corrected chi connectivity index (χ4v) is 1.59. The van der Waals surface area contributed by atoms with Crippen LogP contribution in [0.1, 0.15) is 29.3 Å². The van der Waals surface area contributed by atoms with Gasteiger partial charge in [-0.15, -0.1) is 0 Å². The second-order valence-corrected chi connectivity index (χ2v) is 3.99. The van der Waals surface area contributed by atoms with Gasteiger partial charge < -0.3 is 10.0 Å². The van der Waals surface area contributed by atoms with Crippen molar-refractivity contribution in [3.63, 3.8) is 0 Å². The lowest BCUT2D eigenvalue weighted by Gasteiger charge is -2.20. The van der Waals surface area contributed by atoms with E-state index in [2.05, 4.69) is 0 Å². The quantitative estimate of drug-likeness (QED) is 0.874. The van der Waals surface area contributed by atoms with Crippen molar-refractivity contribution in [1.82, 2.24) is 4.90 Å². The van der Waals surface area contributed by atoms with Gasteiger partial charge in [-0.05, 0) is 37.6 Å². The van der Waals surface area contributed by atoms with Gasteiger partial charge in [0.15, 0.2) is 0 Å². The highest BCUT2D eigenvalue weighted by atomic mass is 19.1. The molecule has 1 aromatic carbocycles. The van der Waals surface area contributed by atoms with E-state index < -0.39 is 5.97 Å². The lowest BCUT2D eigenvalue weighted by atomic mass is 10.1. The molecular weight excluding hydrogens is 237 g/mol. The average molecular weight is 253 g/mol. The number of nitrogens with zero attached hydrogens (tertiary/aromatic N) is 1. The van der Waals surface area contributed by atoms with Gasteiger partial charge in [-0.1, -0.05) is 0 Å². The lowest BCUT2D eigenvalue weighted by Crippen LogP contribution is -2.32. The van der Waals surface area contributed by atoms with E-state index in [1.165, 1.54) is 23.1 Å². The Balaban J connectivity index is 2.82. The first-order valence-electron chi connectivity index (χ1n) is 5.73. The highest BCUT2D eigenvalue weighted by Gasteiger charge is 2.15. The van der Waals surface area contributed by atoms with Crippen LogP contribution in [-0.4, -0.2) is 35.0 Å². The summed E-state index contributed by atoms with van der Waals surface area (Å²) in [5, 5.41) is 8.60. The third-order valence-corrected chi connectivity index (χ3v) is 2.67. The fraction of sp³-hybridized carbons (Fsp3) is 0.385. The number of carbonyl (C=O) groups excluding carboxylic acids is 1. The van der Waals surface area contributed by atoms with Crippen molar-refractivity contribution in [3.8, 4) is 0 Å². The molecule has 0 heterocycles. The first kappa shape index (κ1) is 14.2. The van der Waals surface area contributed by atoms with Crippen molar-refractivity contribution in [2.75, 3.05) is 13.1 Å². The van der Waals surface area contributed by atoms with Crippen LogP contribution in [-0.2, 0) is 4.79 Å². The molecule has 0 aromatic heterocycles. The Labute approximate surface area is 105 Å². The predicted octanol–water partition coefficient (Wildman–Crippen LogP) is 2.07. The summed E-state index contributed by atoms with van der Waals surface area (Å²) in [6.07, 6.45) is -0.0975. The van der Waals surface area contributed by atoms with Gasteiger partial charge in [0.25, 0.3) is 5.91 Å². The molecule has 1 N–H and O–H groups in total. The van der Waals surface area contributed by atoms with E-state index in [1.54, 1.807) is 13.8 Å². The van der Waals surface area contributed by atoms with Crippen LogP contribution in [0.25, 0.3) is 0 Å². The number of benzene rings is 1. The van der Waals surface area contributed by atoms with Crippen LogP contribution in [0.15, 0.2) is 18.2 Å². The largest absolute Gasteiger partial charge is 0.481 e. The Bertz CT molecular complexity index is 460. The van der Waals surface area contributed by atoms with Gasteiger partial charge in [-0.2, -0.15) is 0 Å². The fourth-order valence-electron chi connectivity index (χ4n) is 1.59. The molecule has 0 saturated carbocycles. The van der Waals surface area contributed by atoms with Crippen LogP contribution in [0.5, 0.6) is 0 Å². The number of carboxylic acid groups (broad SMARTS) is 1. The van der Waals surface area contributed by atoms with Crippen LogP contribution in [0, 0.1) is 12.7 Å². The molecule has 0 atom stereocenters. The first-order chi connectivity index (χ1) is 8.45. The van der Waals surface area contributed by atoms with E-state index in [1.807, 2.05) is 0 Å². The van der Waals surface area contributed by atoms with Gasteiger partial charge in [0.2, 0.25) is 0 Å². The highest BCUT2D eigenvalue weighted by Crippen LogP contribution is 2.11. The number of hydrogen-bond acceptors (Lipinski definition) is 2. The van der Waals surface area contributed by atoms with Crippen molar-refractivity contribution in [2.24, 2.45) is 0 Å². The summed E-state index contributed by atoms with van der Waals surface area (Å²) in [5.41, 5.74) is 0.774. The molecule has 0 saturated heterocycles. The van der Waals surface area contributed by atoms with Gasteiger partial charge in [0, 0.05) is 18.7 Å². The van der Waals surface area contributed by atoms with E-state index in [0.29, 0.717) is 17.7 Å². The number of amides is 1. The Morgan fingerprint density at radius 2 is 2.06 bits per heavy atom. The number of carbonyl (C=O) groups is 2. The van der Waals surface area contributed by atoms with E-state index in [0.717, 1.165) is 0 Å². The molecule has 0 fully saturated rings. The minimum atomic E-state index is -0.948. The molecular formula is C13H16FNO3. The van der Waals surface area contributed by atoms with E-state index >= 15 is 0 Å². The zero-order chi connectivity index (χ0) is 13.7. The topological polar surface area (TPSA) is 57.6 Å². The Morgan fingerprint density at radius 3 is 2.56 bits per heavy atom. The first-order valence-corrected chi connectivity index (χ1v) is 5.73. The van der Waals surface area contributed by atoms with Gasteiger partial charge in [-0.3, -0.25) is 9.59 Å². The number of carboxylic acids is 1. The molecule has 0 aliphatic heterocycles. The molecule has 98 valence electrons. The van der Waals surface area contributed by atoms with Crippen molar-refractivity contribution < 1.29 is 19.1 Å². The smallest absolute Gasteiger partial charge is 0.305 e. The summed E-state index contributed by atoms with van der Waals surface area (Å²) < 4.78 is 13.1. The van der Waals surface area contributed by atoms with Crippen molar-refractivity contribution in [1.29, 1.82) is 0 Å². The second-order valence-electron chi connectivity index (χ2n) is 3.99. The Kier molecular flexibility index (Phi) is 4.83. The van der Waals surface area contributed by atoms with Crippen LogP contribution in [0.4, 0.5) is 4.39 Å². The third-order valence-electron chi connectivity index (χ3n) is 2.67. The number of hydrogen-bond donors (Lipinski definition) is 1. The van der Waals surface area contributed by atoms with E-state index in [4.69, 9.17) is 5.11 Å². The minimum Gasteiger partial charge on any atom is -0.481 e. The number of halogens is 1.